The minimum atomic E-state index is -3.46. The van der Waals surface area contributed by atoms with Crippen molar-refractivity contribution in [2.45, 2.75) is 13.0 Å². The Hall–Kier alpha value is -2.59. The maximum atomic E-state index is 12.2. The number of nitrogens with one attached hydrogen (secondary N) is 1. The van der Waals surface area contributed by atoms with Crippen molar-refractivity contribution in [1.82, 2.24) is 19.6 Å². The van der Waals surface area contributed by atoms with Crippen molar-refractivity contribution in [2.24, 2.45) is 0 Å². The molecular weight excluding hydrogens is 368 g/mol. The predicted molar refractivity (Wildman–Crippen MR) is 104 cm³/mol. The van der Waals surface area contributed by atoms with Crippen LogP contribution in [0.1, 0.15) is 6.92 Å². The van der Waals surface area contributed by atoms with E-state index in [0.717, 1.165) is 11.3 Å². The van der Waals surface area contributed by atoms with Gasteiger partial charge in [-0.2, -0.15) is 9.61 Å². The highest BCUT2D eigenvalue weighted by Gasteiger charge is 2.25. The van der Waals surface area contributed by atoms with E-state index in [1.54, 1.807) is 16.8 Å². The Bertz CT molecular complexity index is 1060. The molecule has 0 spiro atoms. The van der Waals surface area contributed by atoms with E-state index < -0.39 is 10.0 Å². The SMILES string of the molecule is C[C@@H]1COCCN1c1cc(N(C)S(C)(=O)=O)n2ncc(-c3ccc[nH]3)c2n1. The molecule has 0 unspecified atom stereocenters. The Kier molecular flexibility index (Phi) is 4.31. The van der Waals surface area contributed by atoms with Gasteiger partial charge < -0.3 is 14.6 Å². The van der Waals surface area contributed by atoms with E-state index in [0.29, 0.717) is 37.0 Å². The van der Waals surface area contributed by atoms with Crippen molar-refractivity contribution in [1.29, 1.82) is 0 Å². The Balaban J connectivity index is 1.95. The first-order valence-electron chi connectivity index (χ1n) is 8.67. The van der Waals surface area contributed by atoms with Gasteiger partial charge >= 0.3 is 0 Å². The van der Waals surface area contributed by atoms with Crippen molar-refractivity contribution in [3.63, 3.8) is 0 Å². The van der Waals surface area contributed by atoms with Gasteiger partial charge in [-0.1, -0.05) is 0 Å². The third kappa shape index (κ3) is 3.15. The molecule has 1 saturated heterocycles. The standard InChI is InChI=1S/C17H22N6O3S/c1-12-11-26-8-7-22(12)15-9-16(21(2)27(3,24)25)23-17(20-15)13(10-19-23)14-5-4-6-18-14/h4-6,9-10,12,18H,7-8,11H2,1-3H3/t12-/m1/s1. The average molecular weight is 390 g/mol. The van der Waals surface area contributed by atoms with Gasteiger partial charge in [-0.25, -0.2) is 13.4 Å². The predicted octanol–water partition coefficient (Wildman–Crippen LogP) is 1.35. The number of nitrogens with zero attached hydrogens (tertiary/aromatic N) is 5. The highest BCUT2D eigenvalue weighted by Crippen LogP contribution is 2.30. The maximum Gasteiger partial charge on any atom is 0.233 e. The van der Waals surface area contributed by atoms with Gasteiger partial charge in [0, 0.05) is 25.9 Å². The lowest BCUT2D eigenvalue weighted by atomic mass is 10.2. The summed E-state index contributed by atoms with van der Waals surface area (Å²) in [5.74, 6) is 1.14. The van der Waals surface area contributed by atoms with Crippen molar-refractivity contribution < 1.29 is 13.2 Å². The summed E-state index contributed by atoms with van der Waals surface area (Å²) in [5, 5.41) is 4.40. The second kappa shape index (κ2) is 6.54. The Morgan fingerprint density at radius 2 is 2.22 bits per heavy atom. The monoisotopic (exact) mass is 390 g/mol. The molecule has 10 heteroatoms. The smallest absolute Gasteiger partial charge is 0.233 e. The Labute approximate surface area is 157 Å². The highest BCUT2D eigenvalue weighted by molar-refractivity contribution is 7.92. The van der Waals surface area contributed by atoms with Gasteiger partial charge in [0.05, 0.1) is 43.0 Å². The first-order valence-corrected chi connectivity index (χ1v) is 10.5. The number of aromatic nitrogens is 4. The van der Waals surface area contributed by atoms with Crippen LogP contribution in [-0.4, -0.2) is 67.1 Å². The van der Waals surface area contributed by atoms with Crippen LogP contribution in [0, 0.1) is 0 Å². The quantitative estimate of drug-likeness (QED) is 0.722. The van der Waals surface area contributed by atoms with E-state index in [2.05, 4.69) is 21.9 Å². The van der Waals surface area contributed by atoms with Crippen LogP contribution in [0.25, 0.3) is 16.9 Å². The molecule has 0 saturated carbocycles. The van der Waals surface area contributed by atoms with Gasteiger partial charge in [0.2, 0.25) is 10.0 Å². The summed E-state index contributed by atoms with van der Waals surface area (Å²) in [4.78, 5) is 10.1. The van der Waals surface area contributed by atoms with Gasteiger partial charge in [-0.05, 0) is 19.1 Å². The van der Waals surface area contributed by atoms with Gasteiger partial charge in [-0.15, -0.1) is 0 Å². The molecule has 1 fully saturated rings. The number of rotatable bonds is 4. The number of anilines is 2. The maximum absolute atomic E-state index is 12.2. The van der Waals surface area contributed by atoms with E-state index >= 15 is 0 Å². The van der Waals surface area contributed by atoms with Crippen LogP contribution in [0.2, 0.25) is 0 Å². The zero-order valence-electron chi connectivity index (χ0n) is 15.5. The van der Waals surface area contributed by atoms with Gasteiger partial charge in [0.25, 0.3) is 0 Å². The van der Waals surface area contributed by atoms with Crippen LogP contribution < -0.4 is 9.21 Å². The number of hydrogen-bond acceptors (Lipinski definition) is 6. The number of sulfonamides is 1. The molecule has 3 aromatic rings. The normalized spacial score (nSPS) is 18.2. The average Bonchev–Trinajstić information content (AvgIpc) is 3.29. The summed E-state index contributed by atoms with van der Waals surface area (Å²) in [5.41, 5.74) is 2.28. The van der Waals surface area contributed by atoms with E-state index in [4.69, 9.17) is 9.72 Å². The minimum absolute atomic E-state index is 0.141. The highest BCUT2D eigenvalue weighted by atomic mass is 32.2. The molecule has 9 nitrogen and oxygen atoms in total. The lowest BCUT2D eigenvalue weighted by Gasteiger charge is -2.34. The molecule has 0 aromatic carbocycles. The van der Waals surface area contributed by atoms with Gasteiger partial charge in [0.1, 0.15) is 11.6 Å². The lowest BCUT2D eigenvalue weighted by Crippen LogP contribution is -2.44. The van der Waals surface area contributed by atoms with Gasteiger partial charge in [-0.3, -0.25) is 4.31 Å². The molecule has 144 valence electrons. The van der Waals surface area contributed by atoms with Gasteiger partial charge in [0.15, 0.2) is 5.65 Å². The minimum Gasteiger partial charge on any atom is -0.377 e. The van der Waals surface area contributed by atoms with E-state index in [1.165, 1.54) is 17.6 Å². The fourth-order valence-electron chi connectivity index (χ4n) is 3.23. The molecule has 0 amide bonds. The zero-order valence-corrected chi connectivity index (χ0v) is 16.3. The summed E-state index contributed by atoms with van der Waals surface area (Å²) >= 11 is 0. The number of fused-ring (bicyclic) bond motifs is 1. The number of H-pyrrole nitrogens is 1. The van der Waals surface area contributed by atoms with Crippen LogP contribution >= 0.6 is 0 Å². The molecule has 27 heavy (non-hydrogen) atoms. The number of morpholine rings is 1. The summed E-state index contributed by atoms with van der Waals surface area (Å²) in [6.07, 6.45) is 4.70. The molecule has 1 aliphatic rings. The van der Waals surface area contributed by atoms with Crippen molar-refractivity contribution >= 4 is 27.3 Å². The van der Waals surface area contributed by atoms with E-state index in [1.807, 2.05) is 18.3 Å². The lowest BCUT2D eigenvalue weighted by molar-refractivity contribution is 0.0985. The molecular formula is C17H22N6O3S. The summed E-state index contributed by atoms with van der Waals surface area (Å²) < 4.78 is 32.7. The fourth-order valence-corrected chi connectivity index (χ4v) is 3.70. The first kappa shape index (κ1) is 17.8. The van der Waals surface area contributed by atoms with Crippen LogP contribution in [0.5, 0.6) is 0 Å². The van der Waals surface area contributed by atoms with Crippen molar-refractivity contribution in [2.75, 3.05) is 42.3 Å². The fraction of sp³-hybridized carbons (Fsp3) is 0.412. The molecule has 0 radical (unpaired) electrons. The molecule has 4 rings (SSSR count). The molecule has 1 aliphatic heterocycles. The molecule has 1 atom stereocenters. The number of ether oxygens (including phenoxy) is 1. The molecule has 0 bridgehead atoms. The second-order valence-electron chi connectivity index (χ2n) is 6.70. The van der Waals surface area contributed by atoms with Crippen molar-refractivity contribution in [3.05, 3.63) is 30.6 Å². The summed E-state index contributed by atoms with van der Waals surface area (Å²) in [6.45, 7) is 3.97. The molecule has 4 heterocycles. The topological polar surface area (TPSA) is 95.8 Å². The first-order chi connectivity index (χ1) is 12.9. The third-order valence-electron chi connectivity index (χ3n) is 4.81. The van der Waals surface area contributed by atoms with Crippen LogP contribution in [0.4, 0.5) is 11.6 Å². The Morgan fingerprint density at radius 3 is 2.89 bits per heavy atom. The number of aromatic amines is 1. The molecule has 3 aromatic heterocycles. The van der Waals surface area contributed by atoms with Crippen LogP contribution in [0.15, 0.2) is 30.6 Å². The molecule has 0 aliphatic carbocycles. The summed E-state index contributed by atoms with van der Waals surface area (Å²) in [6, 6.07) is 5.74. The third-order valence-corrected chi connectivity index (χ3v) is 5.99. The zero-order chi connectivity index (χ0) is 19.2. The van der Waals surface area contributed by atoms with Crippen molar-refractivity contribution in [3.8, 4) is 11.3 Å². The Morgan fingerprint density at radius 1 is 1.41 bits per heavy atom. The molecule has 1 N–H and O–H groups in total. The van der Waals surface area contributed by atoms with Crippen LogP contribution in [0.3, 0.4) is 0 Å². The van der Waals surface area contributed by atoms with E-state index in [9.17, 15) is 8.42 Å². The van der Waals surface area contributed by atoms with Crippen LogP contribution in [-0.2, 0) is 14.8 Å². The van der Waals surface area contributed by atoms with E-state index in [-0.39, 0.29) is 6.04 Å². The summed E-state index contributed by atoms with van der Waals surface area (Å²) in [7, 11) is -1.94. The largest absolute Gasteiger partial charge is 0.377 e. The number of hydrogen-bond donors (Lipinski definition) is 1. The second-order valence-corrected chi connectivity index (χ2v) is 8.71.